The Kier molecular flexibility index (Phi) is 5.49. The van der Waals surface area contributed by atoms with Crippen LogP contribution >= 0.6 is 0 Å². The molecule has 1 aromatic heterocycles. The van der Waals surface area contributed by atoms with E-state index in [1.807, 2.05) is 24.3 Å². The summed E-state index contributed by atoms with van der Waals surface area (Å²) < 4.78 is 19.5. The predicted octanol–water partition coefficient (Wildman–Crippen LogP) is 4.00. The number of nitrogens with one attached hydrogen (secondary N) is 1. The molecule has 1 N–H and O–H groups in total. The fourth-order valence-electron chi connectivity index (χ4n) is 2.47. The monoisotopic (exact) mass is 368 g/mol. The molecular formula is C20H21FN4O2. The lowest BCUT2D eigenvalue weighted by Gasteiger charge is -2.08. The van der Waals surface area contributed by atoms with Crippen LogP contribution in [0.5, 0.6) is 5.75 Å². The van der Waals surface area contributed by atoms with Gasteiger partial charge in [0, 0.05) is 18.0 Å². The van der Waals surface area contributed by atoms with Crippen molar-refractivity contribution in [3.63, 3.8) is 0 Å². The number of benzene rings is 2. The topological polar surface area (TPSA) is 69.0 Å². The number of anilines is 1. The molecule has 0 saturated heterocycles. The molecule has 0 radical (unpaired) electrons. The number of nitrogens with zero attached hydrogens (tertiary/aromatic N) is 3. The van der Waals surface area contributed by atoms with E-state index in [9.17, 15) is 9.18 Å². The Hall–Kier alpha value is -3.22. The van der Waals surface area contributed by atoms with Crippen LogP contribution in [0.2, 0.25) is 0 Å². The average Bonchev–Trinajstić information content (AvgIpc) is 3.11. The highest BCUT2D eigenvalue weighted by Crippen LogP contribution is 2.22. The van der Waals surface area contributed by atoms with E-state index >= 15 is 0 Å². The highest BCUT2D eigenvalue weighted by molar-refractivity contribution is 5.83. The van der Waals surface area contributed by atoms with E-state index in [2.05, 4.69) is 15.4 Å². The molecule has 27 heavy (non-hydrogen) atoms. The molecule has 1 heterocycles. The van der Waals surface area contributed by atoms with Gasteiger partial charge >= 0.3 is 0 Å². The molecule has 140 valence electrons. The first-order chi connectivity index (χ1) is 13.0. The van der Waals surface area contributed by atoms with Gasteiger partial charge in [-0.2, -0.15) is 9.67 Å². The predicted molar refractivity (Wildman–Crippen MR) is 101 cm³/mol. The Morgan fingerprint density at radius 1 is 1.15 bits per heavy atom. The molecule has 0 aliphatic rings. The van der Waals surface area contributed by atoms with Crippen molar-refractivity contribution in [2.24, 2.45) is 5.92 Å². The van der Waals surface area contributed by atoms with Crippen molar-refractivity contribution in [3.05, 3.63) is 59.9 Å². The second kappa shape index (κ2) is 7.99. The maximum Gasteiger partial charge on any atom is 0.252 e. The molecule has 7 heteroatoms. The average molecular weight is 368 g/mol. The maximum atomic E-state index is 13.1. The zero-order valence-electron chi connectivity index (χ0n) is 15.4. The molecule has 0 amide bonds. The number of rotatable bonds is 6. The van der Waals surface area contributed by atoms with Crippen molar-refractivity contribution < 1.29 is 13.9 Å². The Morgan fingerprint density at radius 3 is 2.41 bits per heavy atom. The van der Waals surface area contributed by atoms with Crippen molar-refractivity contribution >= 4 is 11.9 Å². The number of carbonyl (C=O) groups is 1. The second-order valence-corrected chi connectivity index (χ2v) is 6.37. The van der Waals surface area contributed by atoms with Gasteiger partial charge in [0.2, 0.25) is 5.95 Å². The molecule has 6 nitrogen and oxygen atoms in total. The van der Waals surface area contributed by atoms with Crippen LogP contribution in [0, 0.1) is 11.7 Å². The Bertz CT molecular complexity index is 918. The summed E-state index contributed by atoms with van der Waals surface area (Å²) in [6.45, 7) is 4.01. The van der Waals surface area contributed by atoms with Crippen LogP contribution in [0.4, 0.5) is 10.3 Å². The zero-order valence-corrected chi connectivity index (χ0v) is 15.4. The molecule has 0 fully saturated rings. The van der Waals surface area contributed by atoms with Gasteiger partial charge in [0.15, 0.2) is 5.82 Å². The standard InChI is InChI=1S/C20H21FN4O2/c1-13(2)19(26)25-20(22-12-14-4-8-16(21)9-5-14)23-18(24-25)15-6-10-17(27-3)11-7-15/h4-11,13H,12H2,1-3H3,(H,22,23,24). The second-order valence-electron chi connectivity index (χ2n) is 6.37. The number of carbonyl (C=O) groups excluding carboxylic acids is 1. The highest BCUT2D eigenvalue weighted by atomic mass is 19.1. The van der Waals surface area contributed by atoms with Crippen LogP contribution in [-0.2, 0) is 6.54 Å². The van der Waals surface area contributed by atoms with E-state index in [0.29, 0.717) is 18.3 Å². The summed E-state index contributed by atoms with van der Waals surface area (Å²) in [6.07, 6.45) is 0. The molecule has 0 aliphatic carbocycles. The SMILES string of the molecule is COc1ccc(-c2nc(NCc3ccc(F)cc3)n(C(=O)C(C)C)n2)cc1. The lowest BCUT2D eigenvalue weighted by molar-refractivity contribution is 0.0841. The lowest BCUT2D eigenvalue weighted by atomic mass is 10.2. The quantitative estimate of drug-likeness (QED) is 0.712. The van der Waals surface area contributed by atoms with Gasteiger partial charge in [-0.25, -0.2) is 4.39 Å². The van der Waals surface area contributed by atoms with E-state index in [-0.39, 0.29) is 17.6 Å². The first-order valence-corrected chi connectivity index (χ1v) is 8.62. The maximum absolute atomic E-state index is 13.1. The molecular weight excluding hydrogens is 347 g/mol. The minimum atomic E-state index is -0.293. The van der Waals surface area contributed by atoms with E-state index in [4.69, 9.17) is 4.74 Å². The summed E-state index contributed by atoms with van der Waals surface area (Å²) in [6, 6.07) is 13.4. The molecule has 0 unspecified atom stereocenters. The van der Waals surface area contributed by atoms with Crippen molar-refractivity contribution in [3.8, 4) is 17.1 Å². The first kappa shape index (κ1) is 18.6. The van der Waals surface area contributed by atoms with Crippen LogP contribution in [0.25, 0.3) is 11.4 Å². The summed E-state index contributed by atoms with van der Waals surface area (Å²) in [5.41, 5.74) is 1.64. The Labute approximate surface area is 157 Å². The van der Waals surface area contributed by atoms with Gasteiger partial charge in [-0.1, -0.05) is 26.0 Å². The van der Waals surface area contributed by atoms with Gasteiger partial charge in [0.1, 0.15) is 11.6 Å². The summed E-state index contributed by atoms with van der Waals surface area (Å²) in [7, 11) is 1.60. The van der Waals surface area contributed by atoms with Gasteiger partial charge in [-0.15, -0.1) is 5.10 Å². The van der Waals surface area contributed by atoms with Gasteiger partial charge in [-0.05, 0) is 42.0 Å². The molecule has 0 saturated carbocycles. The number of aromatic nitrogens is 3. The Balaban J connectivity index is 1.89. The molecule has 3 rings (SSSR count). The minimum absolute atomic E-state index is 0.163. The molecule has 2 aromatic carbocycles. The number of hydrogen-bond donors (Lipinski definition) is 1. The number of halogens is 1. The zero-order chi connectivity index (χ0) is 19.4. The van der Waals surface area contributed by atoms with Crippen LogP contribution in [0.3, 0.4) is 0 Å². The third kappa shape index (κ3) is 4.31. The van der Waals surface area contributed by atoms with Gasteiger partial charge < -0.3 is 10.1 Å². The van der Waals surface area contributed by atoms with Crippen LogP contribution in [-0.4, -0.2) is 27.8 Å². The van der Waals surface area contributed by atoms with Crippen molar-refractivity contribution in [2.45, 2.75) is 20.4 Å². The van der Waals surface area contributed by atoms with Gasteiger partial charge in [0.25, 0.3) is 5.91 Å². The molecule has 0 bridgehead atoms. The largest absolute Gasteiger partial charge is 0.497 e. The smallest absolute Gasteiger partial charge is 0.252 e. The fourth-order valence-corrected chi connectivity index (χ4v) is 2.47. The normalized spacial score (nSPS) is 10.9. The minimum Gasteiger partial charge on any atom is -0.497 e. The molecule has 3 aromatic rings. The van der Waals surface area contributed by atoms with Crippen molar-refractivity contribution in [2.75, 3.05) is 12.4 Å². The number of methoxy groups -OCH3 is 1. The summed E-state index contributed by atoms with van der Waals surface area (Å²) in [4.78, 5) is 17.0. The Morgan fingerprint density at radius 2 is 1.81 bits per heavy atom. The van der Waals surface area contributed by atoms with Crippen LogP contribution in [0.1, 0.15) is 24.2 Å². The number of hydrogen-bond acceptors (Lipinski definition) is 5. The molecule has 0 aliphatic heterocycles. The van der Waals surface area contributed by atoms with E-state index in [1.54, 1.807) is 33.1 Å². The van der Waals surface area contributed by atoms with E-state index in [0.717, 1.165) is 16.9 Å². The molecule has 0 spiro atoms. The highest BCUT2D eigenvalue weighted by Gasteiger charge is 2.19. The first-order valence-electron chi connectivity index (χ1n) is 8.62. The van der Waals surface area contributed by atoms with Crippen LogP contribution < -0.4 is 10.1 Å². The third-order valence-corrected chi connectivity index (χ3v) is 4.02. The van der Waals surface area contributed by atoms with Gasteiger partial charge in [-0.3, -0.25) is 4.79 Å². The summed E-state index contributed by atoms with van der Waals surface area (Å²) >= 11 is 0. The van der Waals surface area contributed by atoms with Gasteiger partial charge in [0.05, 0.1) is 7.11 Å². The fraction of sp³-hybridized carbons (Fsp3) is 0.250. The number of ether oxygens (including phenoxy) is 1. The summed E-state index contributed by atoms with van der Waals surface area (Å²) in [5.74, 6) is 0.826. The third-order valence-electron chi connectivity index (χ3n) is 4.02. The lowest BCUT2D eigenvalue weighted by Crippen LogP contribution is -2.21. The van der Waals surface area contributed by atoms with Crippen molar-refractivity contribution in [1.29, 1.82) is 0 Å². The molecule has 0 atom stereocenters. The van der Waals surface area contributed by atoms with Crippen LogP contribution in [0.15, 0.2) is 48.5 Å². The summed E-state index contributed by atoms with van der Waals surface area (Å²) in [5, 5.41) is 7.50. The van der Waals surface area contributed by atoms with E-state index < -0.39 is 0 Å². The van der Waals surface area contributed by atoms with E-state index in [1.165, 1.54) is 16.8 Å². The van der Waals surface area contributed by atoms with Crippen molar-refractivity contribution in [1.82, 2.24) is 14.8 Å².